The lowest BCUT2D eigenvalue weighted by atomic mass is 9.85. The van der Waals surface area contributed by atoms with Gasteiger partial charge in [-0.05, 0) is 49.1 Å². The zero-order chi connectivity index (χ0) is 22.0. The molecule has 0 aliphatic heterocycles. The van der Waals surface area contributed by atoms with Gasteiger partial charge in [0, 0.05) is 11.6 Å². The van der Waals surface area contributed by atoms with E-state index in [0.29, 0.717) is 35.1 Å². The molecule has 160 valence electrons. The maximum absolute atomic E-state index is 13.1. The molecule has 0 saturated carbocycles. The molecule has 31 heavy (non-hydrogen) atoms. The minimum absolute atomic E-state index is 0.254. The van der Waals surface area contributed by atoms with Gasteiger partial charge in [0.25, 0.3) is 0 Å². The molecule has 0 bridgehead atoms. The lowest BCUT2D eigenvalue weighted by Gasteiger charge is -2.24. The summed E-state index contributed by atoms with van der Waals surface area (Å²) in [7, 11) is 1.49. The van der Waals surface area contributed by atoms with E-state index in [1.165, 1.54) is 13.2 Å². The highest BCUT2D eigenvalue weighted by Crippen LogP contribution is 2.35. The SMILES string of the molecule is COc1cccc(NC(=O)C2CCCc3ccc(-c4cccc(C(F)(F)F)c4)nc32)n1. The van der Waals surface area contributed by atoms with E-state index in [0.717, 1.165) is 30.5 Å². The zero-order valence-corrected chi connectivity index (χ0v) is 16.7. The van der Waals surface area contributed by atoms with Crippen molar-refractivity contribution < 1.29 is 22.7 Å². The molecule has 0 spiro atoms. The van der Waals surface area contributed by atoms with E-state index in [4.69, 9.17) is 4.74 Å². The number of rotatable bonds is 4. The first-order valence-corrected chi connectivity index (χ1v) is 9.84. The quantitative estimate of drug-likeness (QED) is 0.619. The predicted octanol–water partition coefficient (Wildman–Crippen LogP) is 5.23. The molecule has 4 rings (SSSR count). The molecular formula is C23H20F3N3O2. The minimum atomic E-state index is -4.43. The fourth-order valence-electron chi connectivity index (χ4n) is 3.73. The van der Waals surface area contributed by atoms with Crippen LogP contribution in [0.5, 0.6) is 5.88 Å². The number of ether oxygens (including phenoxy) is 1. The average molecular weight is 427 g/mol. The van der Waals surface area contributed by atoms with E-state index >= 15 is 0 Å². The molecule has 0 radical (unpaired) electrons. The highest BCUT2D eigenvalue weighted by atomic mass is 19.4. The molecule has 2 aromatic heterocycles. The van der Waals surface area contributed by atoms with Crippen molar-refractivity contribution in [1.29, 1.82) is 0 Å². The van der Waals surface area contributed by atoms with E-state index in [1.54, 1.807) is 30.3 Å². The summed E-state index contributed by atoms with van der Waals surface area (Å²) in [5.74, 6) is -0.0183. The molecule has 1 unspecified atom stereocenters. The van der Waals surface area contributed by atoms with Gasteiger partial charge in [0.05, 0.1) is 30.0 Å². The number of methoxy groups -OCH3 is 1. The molecular weight excluding hydrogens is 407 g/mol. The third-order valence-corrected chi connectivity index (χ3v) is 5.27. The van der Waals surface area contributed by atoms with Crippen LogP contribution in [0.3, 0.4) is 0 Å². The number of fused-ring (bicyclic) bond motifs is 1. The summed E-state index contributed by atoms with van der Waals surface area (Å²) in [6.07, 6.45) is -2.24. The van der Waals surface area contributed by atoms with Gasteiger partial charge in [0.15, 0.2) is 0 Å². The van der Waals surface area contributed by atoms with Crippen molar-refractivity contribution in [3.63, 3.8) is 0 Å². The Balaban J connectivity index is 1.64. The van der Waals surface area contributed by atoms with Crippen molar-refractivity contribution in [3.8, 4) is 17.1 Å². The Morgan fingerprint density at radius 3 is 2.68 bits per heavy atom. The van der Waals surface area contributed by atoms with E-state index < -0.39 is 17.7 Å². The molecule has 1 aliphatic rings. The first-order valence-electron chi connectivity index (χ1n) is 9.84. The van der Waals surface area contributed by atoms with Crippen LogP contribution in [0.4, 0.5) is 19.0 Å². The average Bonchev–Trinajstić information content (AvgIpc) is 2.78. The monoisotopic (exact) mass is 427 g/mol. The minimum Gasteiger partial charge on any atom is -0.481 e. The van der Waals surface area contributed by atoms with Gasteiger partial charge in [-0.15, -0.1) is 0 Å². The number of aryl methyl sites for hydroxylation is 1. The number of pyridine rings is 2. The number of amides is 1. The molecule has 1 aromatic carbocycles. The number of carbonyl (C=O) groups excluding carboxylic acids is 1. The van der Waals surface area contributed by atoms with E-state index in [9.17, 15) is 18.0 Å². The van der Waals surface area contributed by atoms with E-state index in [2.05, 4.69) is 15.3 Å². The number of nitrogens with one attached hydrogen (secondary N) is 1. The molecule has 1 atom stereocenters. The lowest BCUT2D eigenvalue weighted by Crippen LogP contribution is -2.26. The Labute approximate surface area is 177 Å². The number of benzene rings is 1. The van der Waals surface area contributed by atoms with Crippen molar-refractivity contribution in [3.05, 3.63) is 71.4 Å². The van der Waals surface area contributed by atoms with Crippen LogP contribution in [0.15, 0.2) is 54.6 Å². The van der Waals surface area contributed by atoms with Crippen LogP contribution in [-0.4, -0.2) is 23.0 Å². The number of halogens is 3. The number of aromatic nitrogens is 2. The second-order valence-corrected chi connectivity index (χ2v) is 7.32. The largest absolute Gasteiger partial charge is 0.481 e. The topological polar surface area (TPSA) is 64.1 Å². The van der Waals surface area contributed by atoms with Crippen LogP contribution in [0.2, 0.25) is 0 Å². The highest BCUT2D eigenvalue weighted by molar-refractivity contribution is 5.95. The van der Waals surface area contributed by atoms with Gasteiger partial charge in [-0.2, -0.15) is 18.2 Å². The second kappa shape index (κ2) is 8.37. The van der Waals surface area contributed by atoms with Crippen molar-refractivity contribution in [2.75, 3.05) is 12.4 Å². The summed E-state index contributed by atoms with van der Waals surface area (Å²) in [4.78, 5) is 21.8. The van der Waals surface area contributed by atoms with Gasteiger partial charge >= 0.3 is 6.18 Å². The van der Waals surface area contributed by atoms with Crippen LogP contribution in [0.1, 0.15) is 35.6 Å². The maximum Gasteiger partial charge on any atom is 0.416 e. The molecule has 0 saturated heterocycles. The van der Waals surface area contributed by atoms with Gasteiger partial charge < -0.3 is 10.1 Å². The van der Waals surface area contributed by atoms with E-state index in [-0.39, 0.29) is 5.91 Å². The fourth-order valence-corrected chi connectivity index (χ4v) is 3.73. The summed E-state index contributed by atoms with van der Waals surface area (Å²) in [5.41, 5.74) is 1.56. The Hall–Kier alpha value is -3.42. The highest BCUT2D eigenvalue weighted by Gasteiger charge is 2.31. The summed E-state index contributed by atoms with van der Waals surface area (Å²) < 4.78 is 44.4. The second-order valence-electron chi connectivity index (χ2n) is 7.32. The van der Waals surface area contributed by atoms with Crippen LogP contribution in [0, 0.1) is 0 Å². The molecule has 5 nitrogen and oxygen atoms in total. The van der Waals surface area contributed by atoms with Gasteiger partial charge in [-0.1, -0.05) is 24.3 Å². The molecule has 1 N–H and O–H groups in total. The Kier molecular flexibility index (Phi) is 5.63. The number of hydrogen-bond acceptors (Lipinski definition) is 4. The lowest BCUT2D eigenvalue weighted by molar-refractivity contribution is -0.137. The first kappa shape index (κ1) is 20.8. The first-order chi connectivity index (χ1) is 14.8. The van der Waals surface area contributed by atoms with E-state index in [1.807, 2.05) is 6.07 Å². The Morgan fingerprint density at radius 2 is 1.90 bits per heavy atom. The van der Waals surface area contributed by atoms with Crippen molar-refractivity contribution in [2.24, 2.45) is 0 Å². The molecule has 1 amide bonds. The van der Waals surface area contributed by atoms with Crippen molar-refractivity contribution in [2.45, 2.75) is 31.4 Å². The third kappa shape index (κ3) is 4.52. The number of hydrogen-bond donors (Lipinski definition) is 1. The van der Waals surface area contributed by atoms with Gasteiger partial charge in [-0.3, -0.25) is 9.78 Å². The van der Waals surface area contributed by atoms with Crippen molar-refractivity contribution in [1.82, 2.24) is 9.97 Å². The Morgan fingerprint density at radius 1 is 1.10 bits per heavy atom. The Bertz CT molecular complexity index is 1120. The smallest absolute Gasteiger partial charge is 0.416 e. The van der Waals surface area contributed by atoms with Crippen LogP contribution in [0.25, 0.3) is 11.3 Å². The molecule has 8 heteroatoms. The standard InChI is InChI=1S/C23H20F3N3O2/c1-31-20-10-4-9-19(28-20)29-22(30)17-8-3-5-14-11-12-18(27-21(14)17)15-6-2-7-16(13-15)23(24,25)26/h2,4,6-7,9-13,17H,3,5,8H2,1H3,(H,28,29,30). The van der Waals surface area contributed by atoms with Gasteiger partial charge in [0.1, 0.15) is 5.82 Å². The fraction of sp³-hybridized carbons (Fsp3) is 0.261. The number of nitrogens with zero attached hydrogens (tertiary/aromatic N) is 2. The summed E-state index contributed by atoms with van der Waals surface area (Å²) in [5, 5.41) is 2.80. The molecule has 1 aliphatic carbocycles. The molecule has 2 heterocycles. The summed E-state index contributed by atoms with van der Waals surface area (Å²) in [6.45, 7) is 0. The van der Waals surface area contributed by atoms with Crippen molar-refractivity contribution >= 4 is 11.7 Å². The van der Waals surface area contributed by atoms with Gasteiger partial charge in [-0.25, -0.2) is 0 Å². The summed E-state index contributed by atoms with van der Waals surface area (Å²) >= 11 is 0. The number of anilines is 1. The maximum atomic E-state index is 13.1. The zero-order valence-electron chi connectivity index (χ0n) is 16.7. The molecule has 0 fully saturated rings. The number of carbonyl (C=O) groups is 1. The molecule has 3 aromatic rings. The third-order valence-electron chi connectivity index (χ3n) is 5.27. The van der Waals surface area contributed by atoms with Crippen LogP contribution in [-0.2, 0) is 17.4 Å². The normalized spacial score (nSPS) is 15.8. The predicted molar refractivity (Wildman–Crippen MR) is 110 cm³/mol. The van der Waals surface area contributed by atoms with Gasteiger partial charge in [0.2, 0.25) is 11.8 Å². The van der Waals surface area contributed by atoms with Crippen LogP contribution >= 0.6 is 0 Å². The summed E-state index contributed by atoms with van der Waals surface area (Å²) in [6, 6.07) is 13.7. The van der Waals surface area contributed by atoms with Crippen LogP contribution < -0.4 is 10.1 Å². The number of alkyl halides is 3.